The zero-order chi connectivity index (χ0) is 18.4. The van der Waals surface area contributed by atoms with Crippen LogP contribution in [0.5, 0.6) is 0 Å². The number of amides is 1. The van der Waals surface area contributed by atoms with E-state index < -0.39 is 0 Å². The molecule has 1 amide bonds. The zero-order valence-electron chi connectivity index (χ0n) is 14.9. The summed E-state index contributed by atoms with van der Waals surface area (Å²) in [5.74, 6) is 0.795. The van der Waals surface area contributed by atoms with Crippen molar-refractivity contribution in [1.29, 1.82) is 0 Å². The Morgan fingerprint density at radius 3 is 2.50 bits per heavy atom. The molecule has 0 bridgehead atoms. The molecule has 0 fully saturated rings. The van der Waals surface area contributed by atoms with Crippen molar-refractivity contribution in [3.63, 3.8) is 0 Å². The van der Waals surface area contributed by atoms with Gasteiger partial charge in [-0.2, -0.15) is 0 Å². The van der Waals surface area contributed by atoms with E-state index in [0.29, 0.717) is 24.2 Å². The molecule has 3 rings (SSSR count). The molecule has 0 saturated heterocycles. The number of benzene rings is 2. The van der Waals surface area contributed by atoms with Crippen LogP contribution < -0.4 is 0 Å². The normalized spacial score (nSPS) is 10.7. The Bertz CT molecular complexity index is 847. The lowest BCUT2D eigenvalue weighted by Crippen LogP contribution is -2.31. The summed E-state index contributed by atoms with van der Waals surface area (Å²) < 4.78 is 5.66. The Morgan fingerprint density at radius 2 is 1.81 bits per heavy atom. The number of aromatic nitrogens is 2. The van der Waals surface area contributed by atoms with Gasteiger partial charge in [-0.1, -0.05) is 59.8 Å². The Hall–Kier alpha value is -2.60. The van der Waals surface area contributed by atoms with Gasteiger partial charge in [0.25, 0.3) is 5.22 Å². The minimum absolute atomic E-state index is 0.0523. The first-order chi connectivity index (χ1) is 12.7. The number of rotatable bonds is 7. The van der Waals surface area contributed by atoms with E-state index in [4.69, 9.17) is 4.42 Å². The topological polar surface area (TPSA) is 59.2 Å². The fourth-order valence-corrected chi connectivity index (χ4v) is 3.14. The standard InChI is InChI=1S/C20H21N3O2S/c1-3-23(13-16-7-5-4-6-8-16)18(24)14-26-20-22-21-19(25-20)17-11-9-15(2)10-12-17/h4-12H,3,13-14H2,1-2H3. The van der Waals surface area contributed by atoms with E-state index in [1.807, 2.05) is 73.3 Å². The lowest BCUT2D eigenvalue weighted by atomic mass is 10.1. The zero-order valence-corrected chi connectivity index (χ0v) is 15.7. The number of hydrogen-bond donors (Lipinski definition) is 0. The summed E-state index contributed by atoms with van der Waals surface area (Å²) in [6.45, 7) is 5.27. The molecule has 0 radical (unpaired) electrons. The molecule has 0 atom stereocenters. The molecule has 2 aromatic carbocycles. The Morgan fingerprint density at radius 1 is 1.08 bits per heavy atom. The third-order valence-corrected chi connectivity index (χ3v) is 4.78. The van der Waals surface area contributed by atoms with Gasteiger partial charge in [-0.05, 0) is 31.5 Å². The van der Waals surface area contributed by atoms with Gasteiger partial charge >= 0.3 is 0 Å². The number of hydrogen-bond acceptors (Lipinski definition) is 5. The molecule has 0 unspecified atom stereocenters. The predicted octanol–water partition coefficient (Wildman–Crippen LogP) is 4.19. The van der Waals surface area contributed by atoms with E-state index >= 15 is 0 Å². The van der Waals surface area contributed by atoms with Gasteiger partial charge in [0.2, 0.25) is 11.8 Å². The molecule has 0 N–H and O–H groups in total. The Kier molecular flexibility index (Phi) is 6.07. The van der Waals surface area contributed by atoms with Crippen molar-refractivity contribution in [1.82, 2.24) is 15.1 Å². The molecule has 1 heterocycles. The van der Waals surface area contributed by atoms with Crippen molar-refractivity contribution in [2.24, 2.45) is 0 Å². The first-order valence-electron chi connectivity index (χ1n) is 8.50. The maximum absolute atomic E-state index is 12.5. The van der Waals surface area contributed by atoms with Crippen LogP contribution in [-0.2, 0) is 11.3 Å². The molecule has 3 aromatic rings. The Balaban J connectivity index is 1.57. The van der Waals surface area contributed by atoms with Crippen molar-refractivity contribution >= 4 is 17.7 Å². The molecule has 0 aliphatic heterocycles. The van der Waals surface area contributed by atoms with Crippen LogP contribution in [0.15, 0.2) is 64.2 Å². The van der Waals surface area contributed by atoms with Gasteiger partial charge in [0.05, 0.1) is 5.75 Å². The monoisotopic (exact) mass is 367 g/mol. The Labute approximate surface area is 157 Å². The highest BCUT2D eigenvalue weighted by Crippen LogP contribution is 2.23. The second-order valence-corrected chi connectivity index (χ2v) is 6.85. The van der Waals surface area contributed by atoms with E-state index in [1.165, 1.54) is 17.3 Å². The van der Waals surface area contributed by atoms with Crippen LogP contribution in [0.3, 0.4) is 0 Å². The highest BCUT2D eigenvalue weighted by molar-refractivity contribution is 7.99. The largest absolute Gasteiger partial charge is 0.411 e. The molecule has 134 valence electrons. The van der Waals surface area contributed by atoms with Crippen molar-refractivity contribution in [2.45, 2.75) is 25.6 Å². The van der Waals surface area contributed by atoms with Gasteiger partial charge < -0.3 is 9.32 Å². The third-order valence-electron chi connectivity index (χ3n) is 3.97. The molecule has 0 saturated carbocycles. The van der Waals surface area contributed by atoms with Crippen molar-refractivity contribution < 1.29 is 9.21 Å². The van der Waals surface area contributed by atoms with Gasteiger partial charge in [-0.25, -0.2) is 0 Å². The average molecular weight is 367 g/mol. The molecule has 1 aromatic heterocycles. The molecule has 0 aliphatic rings. The SMILES string of the molecule is CCN(Cc1ccccc1)C(=O)CSc1nnc(-c2ccc(C)cc2)o1. The number of carbonyl (C=O) groups is 1. The fourth-order valence-electron chi connectivity index (χ4n) is 2.48. The maximum Gasteiger partial charge on any atom is 0.277 e. The number of thioether (sulfide) groups is 1. The maximum atomic E-state index is 12.5. The molecule has 26 heavy (non-hydrogen) atoms. The molecular formula is C20H21N3O2S. The van der Waals surface area contributed by atoms with Crippen LogP contribution in [0.2, 0.25) is 0 Å². The van der Waals surface area contributed by atoms with Gasteiger partial charge in [0.1, 0.15) is 0 Å². The number of nitrogens with zero attached hydrogens (tertiary/aromatic N) is 3. The van der Waals surface area contributed by atoms with Gasteiger partial charge in [-0.3, -0.25) is 4.79 Å². The number of aryl methyl sites for hydroxylation is 1. The van der Waals surface area contributed by atoms with E-state index in [1.54, 1.807) is 0 Å². The smallest absolute Gasteiger partial charge is 0.277 e. The van der Waals surface area contributed by atoms with Crippen molar-refractivity contribution in [2.75, 3.05) is 12.3 Å². The second-order valence-electron chi connectivity index (χ2n) is 5.92. The highest BCUT2D eigenvalue weighted by atomic mass is 32.2. The van der Waals surface area contributed by atoms with E-state index in [0.717, 1.165) is 11.1 Å². The van der Waals surface area contributed by atoms with Crippen LogP contribution >= 0.6 is 11.8 Å². The lowest BCUT2D eigenvalue weighted by molar-refractivity contribution is -0.128. The van der Waals surface area contributed by atoms with E-state index in [2.05, 4.69) is 10.2 Å². The summed E-state index contributed by atoms with van der Waals surface area (Å²) in [7, 11) is 0. The molecular weight excluding hydrogens is 346 g/mol. The molecule has 0 aliphatic carbocycles. The van der Waals surface area contributed by atoms with Gasteiger partial charge in [-0.15, -0.1) is 10.2 Å². The summed E-state index contributed by atoms with van der Waals surface area (Å²) in [4.78, 5) is 14.3. The predicted molar refractivity (Wildman–Crippen MR) is 103 cm³/mol. The lowest BCUT2D eigenvalue weighted by Gasteiger charge is -2.20. The molecule has 0 spiro atoms. The van der Waals surface area contributed by atoms with Crippen molar-refractivity contribution in [3.8, 4) is 11.5 Å². The van der Waals surface area contributed by atoms with Gasteiger partial charge in [0, 0.05) is 18.7 Å². The molecule has 5 nitrogen and oxygen atoms in total. The summed E-state index contributed by atoms with van der Waals surface area (Å²) >= 11 is 1.27. The van der Waals surface area contributed by atoms with Crippen LogP contribution in [-0.4, -0.2) is 33.3 Å². The highest BCUT2D eigenvalue weighted by Gasteiger charge is 2.15. The first-order valence-corrected chi connectivity index (χ1v) is 9.49. The average Bonchev–Trinajstić information content (AvgIpc) is 3.14. The summed E-state index contributed by atoms with van der Waals surface area (Å²) in [6.07, 6.45) is 0. The van der Waals surface area contributed by atoms with Crippen LogP contribution in [0, 0.1) is 6.92 Å². The van der Waals surface area contributed by atoms with Gasteiger partial charge in [0.15, 0.2) is 0 Å². The fraction of sp³-hybridized carbons (Fsp3) is 0.250. The second kappa shape index (κ2) is 8.67. The van der Waals surface area contributed by atoms with Crippen molar-refractivity contribution in [3.05, 3.63) is 65.7 Å². The van der Waals surface area contributed by atoms with Crippen LogP contribution in [0.1, 0.15) is 18.1 Å². The third kappa shape index (κ3) is 4.73. The quantitative estimate of drug-likeness (QED) is 0.586. The van der Waals surface area contributed by atoms with Crippen LogP contribution in [0.4, 0.5) is 0 Å². The van der Waals surface area contributed by atoms with Crippen LogP contribution in [0.25, 0.3) is 11.5 Å². The minimum atomic E-state index is 0.0523. The molecule has 6 heteroatoms. The minimum Gasteiger partial charge on any atom is -0.411 e. The summed E-state index contributed by atoms with van der Waals surface area (Å²) in [5, 5.41) is 8.50. The number of carbonyl (C=O) groups excluding carboxylic acids is 1. The first kappa shape index (κ1) is 18.2. The van der Waals surface area contributed by atoms with E-state index in [9.17, 15) is 4.79 Å². The van der Waals surface area contributed by atoms with E-state index in [-0.39, 0.29) is 11.7 Å². The summed E-state index contributed by atoms with van der Waals surface area (Å²) in [6, 6.07) is 17.9. The summed E-state index contributed by atoms with van der Waals surface area (Å²) in [5.41, 5.74) is 3.17.